The largest absolute Gasteiger partial charge is 0.469 e. The summed E-state index contributed by atoms with van der Waals surface area (Å²) in [4.78, 5) is 15.8. The van der Waals surface area contributed by atoms with Crippen LogP contribution >= 0.6 is 11.3 Å². The molecule has 1 aromatic rings. The molecule has 0 saturated heterocycles. The van der Waals surface area contributed by atoms with E-state index < -0.39 is 0 Å². The second-order valence-corrected chi connectivity index (χ2v) is 5.96. The van der Waals surface area contributed by atoms with Crippen LogP contribution in [0.5, 0.6) is 0 Å². The first kappa shape index (κ1) is 13.5. The van der Waals surface area contributed by atoms with E-state index in [1.54, 1.807) is 11.3 Å². The Morgan fingerprint density at radius 3 is 3.11 bits per heavy atom. The maximum atomic E-state index is 11.2. The average Bonchev–Trinajstić information content (AvgIpc) is 2.87. The quantitative estimate of drug-likeness (QED) is 0.783. The maximum absolute atomic E-state index is 11.2. The Balaban J connectivity index is 1.98. The van der Waals surface area contributed by atoms with Crippen LogP contribution in [0.1, 0.15) is 55.6 Å². The van der Waals surface area contributed by atoms with Crippen molar-refractivity contribution in [3.05, 3.63) is 16.1 Å². The number of hydrogen-bond donors (Lipinski definition) is 0. The molecule has 18 heavy (non-hydrogen) atoms. The first-order valence-electron chi connectivity index (χ1n) is 6.74. The van der Waals surface area contributed by atoms with E-state index in [1.165, 1.54) is 44.2 Å². The Bertz CT molecular complexity index is 402. The van der Waals surface area contributed by atoms with Crippen molar-refractivity contribution >= 4 is 17.3 Å². The lowest BCUT2D eigenvalue weighted by molar-refractivity contribution is -0.139. The van der Waals surface area contributed by atoms with Crippen molar-refractivity contribution in [3.63, 3.8) is 0 Å². The van der Waals surface area contributed by atoms with Crippen molar-refractivity contribution in [2.24, 2.45) is 5.92 Å². The molecule has 1 fully saturated rings. The van der Waals surface area contributed by atoms with Gasteiger partial charge in [-0.05, 0) is 18.8 Å². The van der Waals surface area contributed by atoms with E-state index in [9.17, 15) is 4.79 Å². The molecule has 1 heterocycles. The molecule has 0 aromatic carbocycles. The summed E-state index contributed by atoms with van der Waals surface area (Å²) in [6.45, 7) is 2.28. The molecule has 0 spiro atoms. The SMILES string of the molecule is CCC1CCCC(c2nc(CC(=O)OC)cs2)C1. The number of hydrogen-bond acceptors (Lipinski definition) is 4. The molecular weight excluding hydrogens is 246 g/mol. The smallest absolute Gasteiger partial charge is 0.311 e. The molecule has 2 unspecified atom stereocenters. The summed E-state index contributed by atoms with van der Waals surface area (Å²) in [5.41, 5.74) is 0.862. The normalized spacial score (nSPS) is 23.9. The van der Waals surface area contributed by atoms with Gasteiger partial charge in [0.1, 0.15) is 0 Å². The Morgan fingerprint density at radius 2 is 2.39 bits per heavy atom. The van der Waals surface area contributed by atoms with Crippen LogP contribution in [0, 0.1) is 5.92 Å². The lowest BCUT2D eigenvalue weighted by atomic mass is 9.80. The molecule has 0 radical (unpaired) electrons. The highest BCUT2D eigenvalue weighted by molar-refractivity contribution is 7.09. The van der Waals surface area contributed by atoms with Crippen molar-refractivity contribution < 1.29 is 9.53 Å². The number of nitrogens with zero attached hydrogens (tertiary/aromatic N) is 1. The van der Waals surface area contributed by atoms with Crippen molar-refractivity contribution in [2.75, 3.05) is 7.11 Å². The number of thiazole rings is 1. The Kier molecular flexibility index (Phi) is 4.75. The van der Waals surface area contributed by atoms with Gasteiger partial charge in [-0.15, -0.1) is 11.3 Å². The first-order chi connectivity index (χ1) is 8.72. The van der Waals surface area contributed by atoms with E-state index in [-0.39, 0.29) is 5.97 Å². The number of ether oxygens (including phenoxy) is 1. The van der Waals surface area contributed by atoms with Crippen LogP contribution in [0.4, 0.5) is 0 Å². The molecular formula is C14H21NO2S. The molecule has 2 rings (SSSR count). The molecule has 0 bridgehead atoms. The molecule has 1 aromatic heterocycles. The minimum absolute atomic E-state index is 0.207. The number of carbonyl (C=O) groups excluding carboxylic acids is 1. The zero-order valence-electron chi connectivity index (χ0n) is 11.1. The number of carbonyl (C=O) groups is 1. The first-order valence-corrected chi connectivity index (χ1v) is 7.62. The third kappa shape index (κ3) is 3.31. The van der Waals surface area contributed by atoms with E-state index in [4.69, 9.17) is 0 Å². The molecule has 4 heteroatoms. The molecule has 2 atom stereocenters. The average molecular weight is 267 g/mol. The fraction of sp³-hybridized carbons (Fsp3) is 0.714. The van der Waals surface area contributed by atoms with Gasteiger partial charge in [-0.1, -0.05) is 26.2 Å². The van der Waals surface area contributed by atoms with Crippen molar-refractivity contribution in [1.82, 2.24) is 4.98 Å². The number of methoxy groups -OCH3 is 1. The Morgan fingerprint density at radius 1 is 1.56 bits per heavy atom. The lowest BCUT2D eigenvalue weighted by Gasteiger charge is -2.26. The Hall–Kier alpha value is -0.900. The van der Waals surface area contributed by atoms with Crippen molar-refractivity contribution in [1.29, 1.82) is 0 Å². The second-order valence-electron chi connectivity index (χ2n) is 5.07. The van der Waals surface area contributed by atoms with E-state index in [2.05, 4.69) is 16.6 Å². The second kappa shape index (κ2) is 6.32. The third-order valence-corrected chi connectivity index (χ3v) is 4.89. The zero-order chi connectivity index (χ0) is 13.0. The summed E-state index contributed by atoms with van der Waals surface area (Å²) in [7, 11) is 1.42. The van der Waals surface area contributed by atoms with Gasteiger partial charge in [0.25, 0.3) is 0 Å². The van der Waals surface area contributed by atoms with Crippen LogP contribution in [0.3, 0.4) is 0 Å². The predicted octanol–water partition coefficient (Wildman–Crippen LogP) is 3.54. The van der Waals surface area contributed by atoms with Crippen LogP contribution in [0.15, 0.2) is 5.38 Å². The molecule has 0 amide bonds. The third-order valence-electron chi connectivity index (χ3n) is 3.83. The fourth-order valence-corrected chi connectivity index (χ4v) is 3.67. The molecule has 100 valence electrons. The number of aromatic nitrogens is 1. The molecule has 1 aliphatic rings. The monoisotopic (exact) mass is 267 g/mol. The summed E-state index contributed by atoms with van der Waals surface area (Å²) in [5, 5.41) is 3.22. The van der Waals surface area contributed by atoms with Gasteiger partial charge in [-0.2, -0.15) is 0 Å². The summed E-state index contributed by atoms with van der Waals surface area (Å²) < 4.78 is 4.67. The highest BCUT2D eigenvalue weighted by Crippen LogP contribution is 2.38. The summed E-state index contributed by atoms with van der Waals surface area (Å²) in [6, 6.07) is 0. The number of esters is 1. The maximum Gasteiger partial charge on any atom is 0.311 e. The summed E-state index contributed by atoms with van der Waals surface area (Å²) in [5.74, 6) is 1.26. The molecule has 0 aliphatic heterocycles. The highest BCUT2D eigenvalue weighted by atomic mass is 32.1. The minimum atomic E-state index is -0.207. The molecule has 1 aliphatic carbocycles. The van der Waals surface area contributed by atoms with Crippen molar-refractivity contribution in [3.8, 4) is 0 Å². The van der Waals surface area contributed by atoms with E-state index in [1.807, 2.05) is 5.38 Å². The van der Waals surface area contributed by atoms with Gasteiger partial charge in [0, 0.05) is 11.3 Å². The lowest BCUT2D eigenvalue weighted by Crippen LogP contribution is -2.13. The zero-order valence-corrected chi connectivity index (χ0v) is 12.0. The standard InChI is InChI=1S/C14H21NO2S/c1-3-10-5-4-6-11(7-10)14-15-12(9-18-14)8-13(16)17-2/h9-11H,3-8H2,1-2H3. The van der Waals surface area contributed by atoms with E-state index in [0.717, 1.165) is 11.6 Å². The predicted molar refractivity (Wildman–Crippen MR) is 72.8 cm³/mol. The van der Waals surface area contributed by atoms with Crippen molar-refractivity contribution in [2.45, 2.75) is 51.4 Å². The molecule has 1 saturated carbocycles. The Labute approximate surface area is 113 Å². The van der Waals surface area contributed by atoms with E-state index >= 15 is 0 Å². The van der Waals surface area contributed by atoms with Gasteiger partial charge >= 0.3 is 5.97 Å². The van der Waals surface area contributed by atoms with Crippen LogP contribution in [-0.4, -0.2) is 18.1 Å². The summed E-state index contributed by atoms with van der Waals surface area (Å²) >= 11 is 1.70. The highest BCUT2D eigenvalue weighted by Gasteiger charge is 2.24. The van der Waals surface area contributed by atoms with Crippen LogP contribution in [-0.2, 0) is 16.0 Å². The van der Waals surface area contributed by atoms with Gasteiger partial charge in [0.2, 0.25) is 0 Å². The summed E-state index contributed by atoms with van der Waals surface area (Å²) in [6.07, 6.45) is 6.78. The van der Waals surface area contributed by atoms with Gasteiger partial charge in [-0.3, -0.25) is 4.79 Å². The van der Waals surface area contributed by atoms with Crippen LogP contribution in [0.25, 0.3) is 0 Å². The van der Waals surface area contributed by atoms with Crippen LogP contribution in [0.2, 0.25) is 0 Å². The van der Waals surface area contributed by atoms with Gasteiger partial charge in [-0.25, -0.2) is 4.98 Å². The van der Waals surface area contributed by atoms with E-state index in [0.29, 0.717) is 12.3 Å². The van der Waals surface area contributed by atoms with Gasteiger partial charge < -0.3 is 4.74 Å². The molecule has 0 N–H and O–H groups in total. The van der Waals surface area contributed by atoms with Gasteiger partial charge in [0.05, 0.1) is 24.2 Å². The number of rotatable bonds is 4. The fourth-order valence-electron chi connectivity index (χ4n) is 2.70. The van der Waals surface area contributed by atoms with Crippen LogP contribution < -0.4 is 0 Å². The molecule has 3 nitrogen and oxygen atoms in total. The topological polar surface area (TPSA) is 39.2 Å². The van der Waals surface area contributed by atoms with Gasteiger partial charge in [0.15, 0.2) is 0 Å². The minimum Gasteiger partial charge on any atom is -0.469 e.